The second-order valence-electron chi connectivity index (χ2n) is 3.32. The summed E-state index contributed by atoms with van der Waals surface area (Å²) in [7, 11) is 0. The van der Waals surface area contributed by atoms with E-state index in [1.165, 1.54) is 11.8 Å². The predicted octanol–water partition coefficient (Wildman–Crippen LogP) is 2.11. The van der Waals surface area contributed by atoms with Gasteiger partial charge in [-0.15, -0.1) is 5.10 Å². The van der Waals surface area contributed by atoms with Crippen molar-refractivity contribution in [1.29, 1.82) is 0 Å². The van der Waals surface area contributed by atoms with Crippen LogP contribution >= 0.6 is 11.8 Å². The highest BCUT2D eigenvalue weighted by atomic mass is 32.2. The highest BCUT2D eigenvalue weighted by Gasteiger charge is 2.08. The van der Waals surface area contributed by atoms with Gasteiger partial charge in [-0.1, -0.05) is 36.0 Å². The molecule has 0 fully saturated rings. The lowest BCUT2D eigenvalue weighted by Gasteiger charge is -2.04. The molecular weight excluding hydrogens is 224 g/mol. The van der Waals surface area contributed by atoms with Crippen molar-refractivity contribution in [3.63, 3.8) is 0 Å². The molecule has 1 aromatic carbocycles. The molecule has 2 aromatic rings. The first-order valence-electron chi connectivity index (χ1n) is 4.75. The average Bonchev–Trinajstić information content (AvgIpc) is 2.28. The molecule has 16 heavy (non-hydrogen) atoms. The summed E-state index contributed by atoms with van der Waals surface area (Å²) in [5, 5.41) is 19.3. The summed E-state index contributed by atoms with van der Waals surface area (Å²) in [5.74, 6) is -0.849. The van der Waals surface area contributed by atoms with Gasteiger partial charge in [-0.05, 0) is 6.92 Å². The third-order valence-corrected chi connectivity index (χ3v) is 3.14. The third kappa shape index (κ3) is 2.14. The van der Waals surface area contributed by atoms with E-state index >= 15 is 0 Å². The number of aryl methyl sites for hydroxylation is 1. The van der Waals surface area contributed by atoms with Crippen molar-refractivity contribution >= 4 is 28.5 Å². The lowest BCUT2D eigenvalue weighted by molar-refractivity contribution is -0.133. The van der Waals surface area contributed by atoms with Crippen molar-refractivity contribution < 1.29 is 9.90 Å². The zero-order valence-corrected chi connectivity index (χ0v) is 9.49. The number of aliphatic carboxylic acids is 1. The highest BCUT2D eigenvalue weighted by Crippen LogP contribution is 2.26. The Bertz CT molecular complexity index is 542. The summed E-state index contributed by atoms with van der Waals surface area (Å²) in [5.41, 5.74) is 0.857. The van der Waals surface area contributed by atoms with Gasteiger partial charge in [0.25, 0.3) is 0 Å². The first-order chi connectivity index (χ1) is 7.68. The van der Waals surface area contributed by atoms with Crippen LogP contribution in [0.5, 0.6) is 0 Å². The Morgan fingerprint density at radius 1 is 1.31 bits per heavy atom. The number of carboxylic acids is 1. The number of fused-ring (bicyclic) bond motifs is 1. The predicted molar refractivity (Wildman–Crippen MR) is 62.6 cm³/mol. The minimum atomic E-state index is -0.851. The molecule has 0 aliphatic rings. The molecule has 2 rings (SSSR count). The molecule has 0 radical (unpaired) electrons. The van der Waals surface area contributed by atoms with Gasteiger partial charge in [0.2, 0.25) is 0 Å². The SMILES string of the molecule is Cc1nnc(SCC(=O)O)c2ccccc12. The smallest absolute Gasteiger partial charge is 0.313 e. The van der Waals surface area contributed by atoms with Crippen molar-refractivity contribution in [2.75, 3.05) is 5.75 Å². The Kier molecular flexibility index (Phi) is 3.05. The number of nitrogens with zero attached hydrogens (tertiary/aromatic N) is 2. The van der Waals surface area contributed by atoms with Crippen molar-refractivity contribution in [3.05, 3.63) is 30.0 Å². The highest BCUT2D eigenvalue weighted by molar-refractivity contribution is 8.00. The van der Waals surface area contributed by atoms with Crippen LogP contribution in [0, 0.1) is 6.92 Å². The van der Waals surface area contributed by atoms with Crippen molar-refractivity contribution in [2.45, 2.75) is 11.9 Å². The van der Waals surface area contributed by atoms with Crippen LogP contribution in [0.2, 0.25) is 0 Å². The molecule has 0 atom stereocenters. The first-order valence-corrected chi connectivity index (χ1v) is 5.73. The molecule has 4 nitrogen and oxygen atoms in total. The lowest BCUT2D eigenvalue weighted by Crippen LogP contribution is -1.99. The van der Waals surface area contributed by atoms with Crippen LogP contribution in [0.25, 0.3) is 10.8 Å². The van der Waals surface area contributed by atoms with Crippen LogP contribution in [0.15, 0.2) is 29.3 Å². The van der Waals surface area contributed by atoms with Gasteiger partial charge in [-0.2, -0.15) is 5.10 Å². The average molecular weight is 234 g/mol. The van der Waals surface area contributed by atoms with Crippen LogP contribution in [-0.4, -0.2) is 27.0 Å². The van der Waals surface area contributed by atoms with Crippen molar-refractivity contribution in [1.82, 2.24) is 10.2 Å². The number of carbonyl (C=O) groups is 1. The Morgan fingerprint density at radius 3 is 2.69 bits per heavy atom. The maximum absolute atomic E-state index is 10.5. The van der Waals surface area contributed by atoms with Crippen LogP contribution in [0.3, 0.4) is 0 Å². The summed E-state index contributed by atoms with van der Waals surface area (Å²) in [6.45, 7) is 1.89. The Labute approximate surface area is 96.7 Å². The van der Waals surface area contributed by atoms with Gasteiger partial charge in [0.05, 0.1) is 11.4 Å². The van der Waals surface area contributed by atoms with E-state index in [0.717, 1.165) is 16.5 Å². The monoisotopic (exact) mass is 234 g/mol. The number of rotatable bonds is 3. The van der Waals surface area contributed by atoms with E-state index in [2.05, 4.69) is 10.2 Å². The van der Waals surface area contributed by atoms with E-state index < -0.39 is 5.97 Å². The number of hydrogen-bond donors (Lipinski definition) is 1. The molecule has 1 heterocycles. The minimum absolute atomic E-state index is 0.00172. The summed E-state index contributed by atoms with van der Waals surface area (Å²) >= 11 is 1.19. The lowest BCUT2D eigenvalue weighted by atomic mass is 10.1. The van der Waals surface area contributed by atoms with Gasteiger partial charge in [0, 0.05) is 10.8 Å². The molecule has 1 aromatic heterocycles. The van der Waals surface area contributed by atoms with Gasteiger partial charge >= 0.3 is 5.97 Å². The summed E-state index contributed by atoms with van der Waals surface area (Å²) in [4.78, 5) is 10.5. The normalized spacial score (nSPS) is 10.6. The van der Waals surface area contributed by atoms with Gasteiger partial charge in [-0.25, -0.2) is 0 Å². The number of aromatic nitrogens is 2. The van der Waals surface area contributed by atoms with Crippen LogP contribution in [0.4, 0.5) is 0 Å². The molecule has 0 spiro atoms. The molecule has 0 aliphatic carbocycles. The fourth-order valence-electron chi connectivity index (χ4n) is 1.45. The van der Waals surface area contributed by atoms with Crippen LogP contribution in [-0.2, 0) is 4.79 Å². The summed E-state index contributed by atoms with van der Waals surface area (Å²) in [6.07, 6.45) is 0. The Morgan fingerprint density at radius 2 is 2.00 bits per heavy atom. The second kappa shape index (κ2) is 4.49. The zero-order valence-electron chi connectivity index (χ0n) is 8.67. The summed E-state index contributed by atoms with van der Waals surface area (Å²) < 4.78 is 0. The molecule has 0 amide bonds. The molecule has 1 N–H and O–H groups in total. The van der Waals surface area contributed by atoms with E-state index in [1.807, 2.05) is 31.2 Å². The van der Waals surface area contributed by atoms with Crippen LogP contribution < -0.4 is 0 Å². The third-order valence-electron chi connectivity index (χ3n) is 2.17. The van der Waals surface area contributed by atoms with Crippen LogP contribution in [0.1, 0.15) is 5.69 Å². The number of hydrogen-bond acceptors (Lipinski definition) is 4. The minimum Gasteiger partial charge on any atom is -0.481 e. The molecule has 0 unspecified atom stereocenters. The fraction of sp³-hybridized carbons (Fsp3) is 0.182. The topological polar surface area (TPSA) is 63.1 Å². The molecule has 0 saturated heterocycles. The van der Waals surface area contributed by atoms with E-state index in [4.69, 9.17) is 5.11 Å². The van der Waals surface area contributed by atoms with Gasteiger partial charge < -0.3 is 5.11 Å². The fourth-order valence-corrected chi connectivity index (χ4v) is 2.14. The van der Waals surface area contributed by atoms with E-state index in [9.17, 15) is 4.79 Å². The summed E-state index contributed by atoms with van der Waals surface area (Å²) in [6, 6.07) is 7.74. The number of benzene rings is 1. The van der Waals surface area contributed by atoms with E-state index in [-0.39, 0.29) is 5.75 Å². The maximum Gasteiger partial charge on any atom is 0.313 e. The Hall–Kier alpha value is -1.62. The maximum atomic E-state index is 10.5. The molecule has 82 valence electrons. The van der Waals surface area contributed by atoms with E-state index in [1.54, 1.807) is 0 Å². The van der Waals surface area contributed by atoms with Gasteiger partial charge in [0.1, 0.15) is 5.03 Å². The molecule has 5 heteroatoms. The molecule has 0 aliphatic heterocycles. The van der Waals surface area contributed by atoms with Gasteiger partial charge in [-0.3, -0.25) is 4.79 Å². The standard InChI is InChI=1S/C11H10N2O2S/c1-7-8-4-2-3-5-9(8)11(13-12-7)16-6-10(14)15/h2-5H,6H2,1H3,(H,14,15). The number of thioether (sulfide) groups is 1. The Balaban J connectivity index is 2.46. The molecule has 0 bridgehead atoms. The molecular formula is C11H10N2O2S. The second-order valence-corrected chi connectivity index (χ2v) is 4.28. The first kappa shape index (κ1) is 10.9. The van der Waals surface area contributed by atoms with E-state index in [0.29, 0.717) is 5.03 Å². The number of carboxylic acid groups (broad SMARTS) is 1. The van der Waals surface area contributed by atoms with Gasteiger partial charge in [0.15, 0.2) is 0 Å². The largest absolute Gasteiger partial charge is 0.481 e. The van der Waals surface area contributed by atoms with Crippen molar-refractivity contribution in [2.24, 2.45) is 0 Å². The molecule has 0 saturated carbocycles. The van der Waals surface area contributed by atoms with Crippen molar-refractivity contribution in [3.8, 4) is 0 Å². The zero-order chi connectivity index (χ0) is 11.5. The quantitative estimate of drug-likeness (QED) is 0.824.